The Balaban J connectivity index is 1.55. The summed E-state index contributed by atoms with van der Waals surface area (Å²) in [6.07, 6.45) is 0. The van der Waals surface area contributed by atoms with Gasteiger partial charge in [-0.1, -0.05) is 135 Å². The van der Waals surface area contributed by atoms with Gasteiger partial charge < -0.3 is 4.74 Å². The van der Waals surface area contributed by atoms with Gasteiger partial charge in [-0.2, -0.15) is 0 Å². The molecule has 0 radical (unpaired) electrons. The van der Waals surface area contributed by atoms with Crippen molar-refractivity contribution < 1.29 is 9.53 Å². The van der Waals surface area contributed by atoms with E-state index >= 15 is 0 Å². The smallest absolute Gasteiger partial charge is 0.327 e. The largest absolute Gasteiger partial charge is 0.425 e. The number of halogens is 2. The van der Waals surface area contributed by atoms with Crippen molar-refractivity contribution in [1.29, 1.82) is 0 Å². The Bertz CT molecular complexity index is 2270. The fourth-order valence-electron chi connectivity index (χ4n) is 7.41. The average Bonchev–Trinajstić information content (AvgIpc) is 3.42. The molecule has 0 N–H and O–H groups in total. The van der Waals surface area contributed by atoms with Crippen molar-refractivity contribution >= 4 is 91.7 Å². The normalized spacial score (nSPS) is 21.6. The number of alkyl halides is 2. The van der Waals surface area contributed by atoms with Gasteiger partial charge in [0.25, 0.3) is 0 Å². The van der Waals surface area contributed by atoms with Crippen LogP contribution < -0.4 is 4.74 Å². The lowest BCUT2D eigenvalue weighted by Crippen LogP contribution is -2.41. The van der Waals surface area contributed by atoms with Crippen molar-refractivity contribution in [2.75, 3.05) is 0 Å². The third kappa shape index (κ3) is 2.67. The lowest BCUT2D eigenvalue weighted by atomic mass is 9.72. The molecule has 0 fully saturated rings. The summed E-state index contributed by atoms with van der Waals surface area (Å²) in [7, 11) is 0. The third-order valence-corrected chi connectivity index (χ3v) is 12.0. The average molecular weight is 644 g/mol. The molecule has 0 unspecified atom stereocenters. The minimum Gasteiger partial charge on any atom is -0.425 e. The van der Waals surface area contributed by atoms with E-state index in [9.17, 15) is 4.79 Å². The highest BCUT2D eigenvalue weighted by Gasteiger charge is 2.63. The standard InChI is InChI=1S/C36H20Br2O2/c37-33-26-17-15-22-12-10-20-6-2-4-8-25(20)29(22)31(26)36(34(33)38)32-27(40-35(36)39)18-16-23-14-13-21-11-9-19-5-1-3-7-24(19)28(21)30(23)32/h1-18,33-34H/t33-,34+,36-/m0/s1. The summed E-state index contributed by atoms with van der Waals surface area (Å²) >= 11 is 8.10. The second-order valence-electron chi connectivity index (χ2n) is 10.9. The highest BCUT2D eigenvalue weighted by Crippen LogP contribution is 2.64. The fourth-order valence-corrected chi connectivity index (χ4v) is 9.12. The molecule has 4 heteroatoms. The Hall–Kier alpha value is -3.73. The molecular weight excluding hydrogens is 624 g/mol. The molecule has 7 aromatic carbocycles. The van der Waals surface area contributed by atoms with Gasteiger partial charge in [0, 0.05) is 5.56 Å². The SMILES string of the molecule is O=C1Oc2ccc3ccc4ccc5ccccc5c4c3c2[C@]12c1c(ccc3ccc4ccccc4c13)[C@H](Br)[C@H]2Br. The summed E-state index contributed by atoms with van der Waals surface area (Å²) in [5, 5.41) is 11.4. The first-order valence-corrected chi connectivity index (χ1v) is 15.2. The number of ether oxygens (including phenoxy) is 1. The number of rotatable bonds is 0. The molecule has 0 saturated carbocycles. The molecule has 1 spiro atoms. The predicted molar refractivity (Wildman–Crippen MR) is 171 cm³/mol. The first-order valence-electron chi connectivity index (χ1n) is 13.4. The van der Waals surface area contributed by atoms with E-state index in [1.807, 2.05) is 6.07 Å². The van der Waals surface area contributed by atoms with E-state index in [1.54, 1.807) is 0 Å². The summed E-state index contributed by atoms with van der Waals surface area (Å²) in [6.45, 7) is 0. The van der Waals surface area contributed by atoms with Crippen LogP contribution in [0.25, 0.3) is 53.9 Å². The van der Waals surface area contributed by atoms with Crippen LogP contribution in [0.4, 0.5) is 0 Å². The highest BCUT2D eigenvalue weighted by atomic mass is 79.9. The number of hydrogen-bond acceptors (Lipinski definition) is 2. The topological polar surface area (TPSA) is 26.3 Å². The van der Waals surface area contributed by atoms with Crippen LogP contribution in [0.5, 0.6) is 5.75 Å². The molecule has 0 amide bonds. The Morgan fingerprint density at radius 1 is 0.550 bits per heavy atom. The lowest BCUT2D eigenvalue weighted by Gasteiger charge is -2.29. The van der Waals surface area contributed by atoms with Crippen molar-refractivity contribution in [3.05, 3.63) is 126 Å². The van der Waals surface area contributed by atoms with Crippen LogP contribution in [0.3, 0.4) is 0 Å². The molecule has 0 bridgehead atoms. The van der Waals surface area contributed by atoms with E-state index in [4.69, 9.17) is 4.74 Å². The zero-order valence-electron chi connectivity index (χ0n) is 21.1. The molecule has 7 aromatic rings. The van der Waals surface area contributed by atoms with Gasteiger partial charge >= 0.3 is 5.97 Å². The Kier molecular flexibility index (Phi) is 4.56. The molecule has 1 aliphatic heterocycles. The van der Waals surface area contributed by atoms with Crippen LogP contribution >= 0.6 is 31.9 Å². The van der Waals surface area contributed by atoms with Gasteiger partial charge in [0.15, 0.2) is 0 Å². The minimum absolute atomic E-state index is 0.0775. The molecule has 3 atom stereocenters. The van der Waals surface area contributed by atoms with E-state index in [1.165, 1.54) is 10.8 Å². The van der Waals surface area contributed by atoms with Gasteiger partial charge in [-0.05, 0) is 71.1 Å². The summed E-state index contributed by atoms with van der Waals surface area (Å²) in [5.41, 5.74) is 2.09. The monoisotopic (exact) mass is 642 g/mol. The first kappa shape index (κ1) is 23.0. The molecule has 40 heavy (non-hydrogen) atoms. The molecule has 2 aliphatic rings. The maximum absolute atomic E-state index is 14.5. The summed E-state index contributed by atoms with van der Waals surface area (Å²) < 4.78 is 6.26. The van der Waals surface area contributed by atoms with E-state index in [0.29, 0.717) is 5.75 Å². The Morgan fingerprint density at radius 3 is 1.77 bits per heavy atom. The number of fused-ring (bicyclic) bond motifs is 14. The molecule has 0 aromatic heterocycles. The van der Waals surface area contributed by atoms with Gasteiger partial charge in [-0.3, -0.25) is 4.79 Å². The molecule has 1 heterocycles. The van der Waals surface area contributed by atoms with Crippen LogP contribution in [0.15, 0.2) is 109 Å². The lowest BCUT2D eigenvalue weighted by molar-refractivity contribution is -0.136. The molecule has 2 nitrogen and oxygen atoms in total. The zero-order chi connectivity index (χ0) is 26.7. The molecule has 9 rings (SSSR count). The minimum atomic E-state index is -1.03. The third-order valence-electron chi connectivity index (χ3n) is 9.08. The van der Waals surface area contributed by atoms with Crippen molar-refractivity contribution in [2.24, 2.45) is 0 Å². The van der Waals surface area contributed by atoms with Gasteiger partial charge in [-0.15, -0.1) is 0 Å². The quantitative estimate of drug-likeness (QED) is 0.0712. The van der Waals surface area contributed by atoms with E-state index in [-0.39, 0.29) is 15.6 Å². The van der Waals surface area contributed by atoms with Crippen molar-refractivity contribution in [2.45, 2.75) is 15.1 Å². The molecule has 190 valence electrons. The van der Waals surface area contributed by atoms with Crippen LogP contribution in [-0.4, -0.2) is 10.8 Å². The van der Waals surface area contributed by atoms with Crippen molar-refractivity contribution in [3.63, 3.8) is 0 Å². The zero-order valence-corrected chi connectivity index (χ0v) is 24.3. The summed E-state index contributed by atoms with van der Waals surface area (Å²) in [5.74, 6) is 0.421. The van der Waals surface area contributed by atoms with Crippen molar-refractivity contribution in [3.8, 4) is 5.75 Å². The molecular formula is C36H20Br2O2. The van der Waals surface area contributed by atoms with Gasteiger partial charge in [0.05, 0.1) is 9.65 Å². The maximum atomic E-state index is 14.5. The summed E-state index contributed by atoms with van der Waals surface area (Å²) in [4.78, 5) is 14.2. The molecule has 1 aliphatic carbocycles. The number of carbonyl (C=O) groups is 1. The van der Waals surface area contributed by atoms with Gasteiger partial charge in [0.2, 0.25) is 0 Å². The number of benzene rings is 7. The number of carbonyl (C=O) groups excluding carboxylic acids is 1. The van der Waals surface area contributed by atoms with E-state index in [0.717, 1.165) is 59.8 Å². The Labute approximate surface area is 246 Å². The number of esters is 1. The molecule has 0 saturated heterocycles. The van der Waals surface area contributed by atoms with Crippen LogP contribution in [0.1, 0.15) is 21.5 Å². The number of hydrogen-bond donors (Lipinski definition) is 0. The van der Waals surface area contributed by atoms with E-state index in [2.05, 4.69) is 135 Å². The van der Waals surface area contributed by atoms with Gasteiger partial charge in [0.1, 0.15) is 11.2 Å². The van der Waals surface area contributed by atoms with Gasteiger partial charge in [-0.25, -0.2) is 0 Å². The first-order chi connectivity index (χ1) is 19.6. The second kappa shape index (κ2) is 7.93. The van der Waals surface area contributed by atoms with Crippen LogP contribution in [0, 0.1) is 0 Å². The predicted octanol–water partition coefficient (Wildman–Crippen LogP) is 9.87. The van der Waals surface area contributed by atoms with Crippen LogP contribution in [0.2, 0.25) is 0 Å². The fraction of sp³-hybridized carbons (Fsp3) is 0.0833. The summed E-state index contributed by atoms with van der Waals surface area (Å²) in [6, 6.07) is 38.4. The van der Waals surface area contributed by atoms with Crippen LogP contribution in [-0.2, 0) is 10.2 Å². The van der Waals surface area contributed by atoms with E-state index < -0.39 is 5.41 Å². The Morgan fingerprint density at radius 2 is 1.07 bits per heavy atom. The highest BCUT2D eigenvalue weighted by molar-refractivity contribution is 9.12. The van der Waals surface area contributed by atoms with Crippen molar-refractivity contribution in [1.82, 2.24) is 0 Å². The second-order valence-corrected chi connectivity index (χ2v) is 12.9. The maximum Gasteiger partial charge on any atom is 0.327 e.